The number of nitrogens with zero attached hydrogens (tertiary/aromatic N) is 1. The minimum absolute atomic E-state index is 0.0528. The van der Waals surface area contributed by atoms with E-state index in [2.05, 4.69) is 0 Å². The van der Waals surface area contributed by atoms with Crippen molar-refractivity contribution in [2.24, 2.45) is 5.92 Å². The van der Waals surface area contributed by atoms with Crippen LogP contribution in [-0.2, 0) is 20.9 Å². The van der Waals surface area contributed by atoms with Crippen LogP contribution in [0, 0.1) is 5.92 Å². The lowest BCUT2D eigenvalue weighted by Gasteiger charge is -2.22. The highest BCUT2D eigenvalue weighted by Gasteiger charge is 2.37. The maximum absolute atomic E-state index is 12.1. The van der Waals surface area contributed by atoms with E-state index < -0.39 is 12.1 Å². The standard InChI is InChI=1S/C16H19NO4/c18-10-4-7-14-8-9-17(15(14)11-19)16(20)21-12-13-5-2-1-3-6-13/h1-3,5-6,10-11,14-15H,4,7-9,12H2. The monoisotopic (exact) mass is 289 g/mol. The van der Waals surface area contributed by atoms with Gasteiger partial charge in [0.05, 0.1) is 6.04 Å². The molecule has 21 heavy (non-hydrogen) atoms. The highest BCUT2D eigenvalue weighted by atomic mass is 16.6. The molecule has 2 unspecified atom stereocenters. The summed E-state index contributed by atoms with van der Waals surface area (Å²) < 4.78 is 5.26. The van der Waals surface area contributed by atoms with Crippen molar-refractivity contribution in [3.63, 3.8) is 0 Å². The predicted molar refractivity (Wildman–Crippen MR) is 76.6 cm³/mol. The van der Waals surface area contributed by atoms with Crippen molar-refractivity contribution in [3.05, 3.63) is 35.9 Å². The summed E-state index contributed by atoms with van der Waals surface area (Å²) in [6.45, 7) is 0.696. The van der Waals surface area contributed by atoms with Gasteiger partial charge in [0.1, 0.15) is 19.2 Å². The molecule has 2 rings (SSSR count). The van der Waals surface area contributed by atoms with Gasteiger partial charge >= 0.3 is 6.09 Å². The Balaban J connectivity index is 1.89. The summed E-state index contributed by atoms with van der Waals surface area (Å²) in [5.41, 5.74) is 0.908. The first-order chi connectivity index (χ1) is 10.3. The molecule has 0 saturated carbocycles. The minimum atomic E-state index is -0.478. The van der Waals surface area contributed by atoms with E-state index in [9.17, 15) is 14.4 Å². The van der Waals surface area contributed by atoms with E-state index in [-0.39, 0.29) is 12.5 Å². The fourth-order valence-electron chi connectivity index (χ4n) is 2.68. The van der Waals surface area contributed by atoms with Crippen molar-refractivity contribution in [2.45, 2.75) is 31.9 Å². The Bertz CT molecular complexity index is 488. The van der Waals surface area contributed by atoms with Crippen LogP contribution >= 0.6 is 0 Å². The van der Waals surface area contributed by atoms with Gasteiger partial charge in [-0.25, -0.2) is 4.79 Å². The van der Waals surface area contributed by atoms with E-state index in [1.54, 1.807) is 0 Å². The van der Waals surface area contributed by atoms with E-state index in [1.807, 2.05) is 30.3 Å². The summed E-state index contributed by atoms with van der Waals surface area (Å²) in [7, 11) is 0. The molecule has 0 aliphatic carbocycles. The first-order valence-corrected chi connectivity index (χ1v) is 7.12. The molecule has 1 fully saturated rings. The van der Waals surface area contributed by atoms with Gasteiger partial charge in [-0.15, -0.1) is 0 Å². The second-order valence-electron chi connectivity index (χ2n) is 5.15. The zero-order chi connectivity index (χ0) is 15.1. The van der Waals surface area contributed by atoms with Crippen molar-refractivity contribution >= 4 is 18.7 Å². The van der Waals surface area contributed by atoms with Gasteiger partial charge in [-0.2, -0.15) is 0 Å². The van der Waals surface area contributed by atoms with Crippen LogP contribution in [0.15, 0.2) is 30.3 Å². The number of likely N-dealkylation sites (tertiary alicyclic amines) is 1. The zero-order valence-corrected chi connectivity index (χ0v) is 11.8. The van der Waals surface area contributed by atoms with E-state index in [4.69, 9.17) is 4.74 Å². The highest BCUT2D eigenvalue weighted by Crippen LogP contribution is 2.27. The van der Waals surface area contributed by atoms with E-state index in [0.29, 0.717) is 19.4 Å². The topological polar surface area (TPSA) is 63.7 Å². The fourth-order valence-corrected chi connectivity index (χ4v) is 2.68. The molecule has 0 bridgehead atoms. The van der Waals surface area contributed by atoms with Crippen molar-refractivity contribution in [2.75, 3.05) is 6.54 Å². The SMILES string of the molecule is O=CCCC1CCN(C(=O)OCc2ccccc2)C1C=O. The number of amides is 1. The third-order valence-electron chi connectivity index (χ3n) is 3.82. The van der Waals surface area contributed by atoms with Crippen LogP contribution in [-0.4, -0.2) is 36.2 Å². The third kappa shape index (κ3) is 3.90. The summed E-state index contributed by atoms with van der Waals surface area (Å²) >= 11 is 0. The molecular weight excluding hydrogens is 270 g/mol. The van der Waals surface area contributed by atoms with Crippen LogP contribution in [0.25, 0.3) is 0 Å². The molecular formula is C16H19NO4. The maximum Gasteiger partial charge on any atom is 0.410 e. The van der Waals surface area contributed by atoms with Crippen LogP contribution in [0.2, 0.25) is 0 Å². The summed E-state index contributed by atoms with van der Waals surface area (Å²) in [5, 5.41) is 0. The van der Waals surface area contributed by atoms with Gasteiger partial charge in [-0.1, -0.05) is 30.3 Å². The van der Waals surface area contributed by atoms with Crippen molar-refractivity contribution < 1.29 is 19.1 Å². The van der Waals surface area contributed by atoms with Crippen molar-refractivity contribution in [3.8, 4) is 0 Å². The molecule has 1 aliphatic rings. The van der Waals surface area contributed by atoms with Crippen LogP contribution in [0.1, 0.15) is 24.8 Å². The van der Waals surface area contributed by atoms with Gasteiger partial charge in [0.15, 0.2) is 0 Å². The molecule has 1 amide bonds. The van der Waals surface area contributed by atoms with E-state index in [1.165, 1.54) is 4.90 Å². The largest absolute Gasteiger partial charge is 0.445 e. The van der Waals surface area contributed by atoms with Crippen molar-refractivity contribution in [1.82, 2.24) is 4.90 Å². The third-order valence-corrected chi connectivity index (χ3v) is 3.82. The summed E-state index contributed by atoms with van der Waals surface area (Å²) in [6, 6.07) is 8.92. The Morgan fingerprint density at radius 1 is 1.29 bits per heavy atom. The Morgan fingerprint density at radius 2 is 2.05 bits per heavy atom. The fraction of sp³-hybridized carbons (Fsp3) is 0.438. The Hall–Kier alpha value is -2.17. The molecule has 1 aromatic carbocycles. The Morgan fingerprint density at radius 3 is 2.71 bits per heavy atom. The molecule has 0 aromatic heterocycles. The first kappa shape index (κ1) is 15.2. The smallest absolute Gasteiger partial charge is 0.410 e. The molecule has 5 nitrogen and oxygen atoms in total. The number of carbonyl (C=O) groups is 3. The van der Waals surface area contributed by atoms with E-state index >= 15 is 0 Å². The molecule has 2 atom stereocenters. The second kappa shape index (κ2) is 7.57. The van der Waals surface area contributed by atoms with Crippen LogP contribution in [0.3, 0.4) is 0 Å². The van der Waals surface area contributed by atoms with Crippen LogP contribution in [0.4, 0.5) is 4.79 Å². The number of carbonyl (C=O) groups excluding carboxylic acids is 3. The number of benzene rings is 1. The molecule has 1 aromatic rings. The summed E-state index contributed by atoms with van der Waals surface area (Å²) in [4.78, 5) is 35.2. The van der Waals surface area contributed by atoms with Gasteiger partial charge in [0.2, 0.25) is 0 Å². The van der Waals surface area contributed by atoms with Gasteiger partial charge in [0, 0.05) is 13.0 Å². The lowest BCUT2D eigenvalue weighted by molar-refractivity contribution is -0.113. The molecule has 0 N–H and O–H groups in total. The number of ether oxygens (including phenoxy) is 1. The van der Waals surface area contributed by atoms with E-state index in [0.717, 1.165) is 24.6 Å². The normalized spacial score (nSPS) is 21.0. The number of hydrogen-bond acceptors (Lipinski definition) is 4. The average molecular weight is 289 g/mol. The molecule has 112 valence electrons. The predicted octanol–water partition coefficient (Wildman–Crippen LogP) is 2.19. The number of rotatable bonds is 6. The molecule has 1 aliphatic heterocycles. The summed E-state index contributed by atoms with van der Waals surface area (Å²) in [5.74, 6) is 0.0528. The molecule has 5 heteroatoms. The Labute approximate surface area is 123 Å². The number of hydrogen-bond donors (Lipinski definition) is 0. The highest BCUT2D eigenvalue weighted by molar-refractivity contribution is 5.74. The Kier molecular flexibility index (Phi) is 5.49. The van der Waals surface area contributed by atoms with Crippen LogP contribution in [0.5, 0.6) is 0 Å². The van der Waals surface area contributed by atoms with Crippen LogP contribution < -0.4 is 0 Å². The molecule has 0 spiro atoms. The molecule has 1 heterocycles. The van der Waals surface area contributed by atoms with Gasteiger partial charge in [-0.05, 0) is 24.3 Å². The van der Waals surface area contributed by atoms with Crippen molar-refractivity contribution in [1.29, 1.82) is 0 Å². The van der Waals surface area contributed by atoms with Gasteiger partial charge in [0.25, 0.3) is 0 Å². The number of aldehydes is 2. The first-order valence-electron chi connectivity index (χ1n) is 7.12. The van der Waals surface area contributed by atoms with Gasteiger partial charge in [-0.3, -0.25) is 4.90 Å². The quantitative estimate of drug-likeness (QED) is 0.753. The minimum Gasteiger partial charge on any atom is -0.445 e. The maximum atomic E-state index is 12.1. The molecule has 1 saturated heterocycles. The lowest BCUT2D eigenvalue weighted by Crippen LogP contribution is -2.39. The summed E-state index contributed by atoms with van der Waals surface area (Å²) in [6.07, 6.45) is 2.95. The molecule has 0 radical (unpaired) electrons. The zero-order valence-electron chi connectivity index (χ0n) is 11.8. The second-order valence-corrected chi connectivity index (χ2v) is 5.15. The van der Waals surface area contributed by atoms with Gasteiger partial charge < -0.3 is 14.3 Å². The lowest BCUT2D eigenvalue weighted by atomic mass is 9.96. The average Bonchev–Trinajstić information content (AvgIpc) is 2.94.